The summed E-state index contributed by atoms with van der Waals surface area (Å²) in [5.41, 5.74) is 1.01. The van der Waals surface area contributed by atoms with E-state index in [1.807, 2.05) is 6.07 Å². The van der Waals surface area contributed by atoms with Crippen molar-refractivity contribution in [1.82, 2.24) is 4.72 Å². The van der Waals surface area contributed by atoms with Crippen LogP contribution in [0.4, 0.5) is 0 Å². The number of benzene rings is 1. The van der Waals surface area contributed by atoms with Gasteiger partial charge in [0.2, 0.25) is 10.0 Å². The predicted octanol–water partition coefficient (Wildman–Crippen LogP) is 2.05. The lowest BCUT2D eigenvalue weighted by molar-refractivity contribution is 0.579. The highest BCUT2D eigenvalue weighted by Gasteiger charge is 2.12. The predicted molar refractivity (Wildman–Crippen MR) is 70.9 cm³/mol. The molecular formula is C12H15ClN2O2S. The molecule has 1 aromatic carbocycles. The Labute approximate surface area is 113 Å². The minimum absolute atomic E-state index is 0.234. The molecule has 0 atom stereocenters. The van der Waals surface area contributed by atoms with Crippen LogP contribution >= 0.6 is 11.6 Å². The molecule has 4 nitrogen and oxygen atoms in total. The Morgan fingerprint density at radius 2 is 1.94 bits per heavy atom. The summed E-state index contributed by atoms with van der Waals surface area (Å²) >= 11 is 5.61. The highest BCUT2D eigenvalue weighted by Crippen LogP contribution is 2.11. The van der Waals surface area contributed by atoms with Gasteiger partial charge in [-0.2, -0.15) is 5.26 Å². The number of rotatable bonds is 7. The lowest BCUT2D eigenvalue weighted by atomic mass is 10.2. The summed E-state index contributed by atoms with van der Waals surface area (Å²) in [7, 11) is -3.46. The van der Waals surface area contributed by atoms with E-state index >= 15 is 0 Å². The maximum absolute atomic E-state index is 11.8. The van der Waals surface area contributed by atoms with E-state index in [9.17, 15) is 8.42 Å². The van der Waals surface area contributed by atoms with Gasteiger partial charge in [0.1, 0.15) is 0 Å². The van der Waals surface area contributed by atoms with Crippen molar-refractivity contribution >= 4 is 21.6 Å². The standard InChI is InChI=1S/C12H15ClN2O2S/c13-8-7-11-3-5-12(6-4-11)18(16,17)15-10-2-1-9-14/h3-6,15H,1-2,7-8,10H2. The van der Waals surface area contributed by atoms with Crippen LogP contribution in [0.2, 0.25) is 0 Å². The Morgan fingerprint density at radius 1 is 1.28 bits per heavy atom. The molecule has 0 aliphatic heterocycles. The first kappa shape index (κ1) is 15.0. The summed E-state index contributed by atoms with van der Waals surface area (Å²) in [4.78, 5) is 0.234. The molecule has 0 aliphatic rings. The number of alkyl halides is 1. The molecule has 0 heterocycles. The monoisotopic (exact) mass is 286 g/mol. The average molecular weight is 287 g/mol. The molecule has 0 amide bonds. The van der Waals surface area contributed by atoms with Crippen molar-refractivity contribution in [3.8, 4) is 6.07 Å². The SMILES string of the molecule is N#CCCCNS(=O)(=O)c1ccc(CCCl)cc1. The van der Waals surface area contributed by atoms with Gasteiger partial charge in [0.15, 0.2) is 0 Å². The zero-order valence-electron chi connectivity index (χ0n) is 9.89. The highest BCUT2D eigenvalue weighted by atomic mass is 35.5. The van der Waals surface area contributed by atoms with Gasteiger partial charge in [0.25, 0.3) is 0 Å². The van der Waals surface area contributed by atoms with E-state index in [-0.39, 0.29) is 11.4 Å². The third-order valence-electron chi connectivity index (χ3n) is 2.37. The topological polar surface area (TPSA) is 70.0 Å². The smallest absolute Gasteiger partial charge is 0.211 e. The van der Waals surface area contributed by atoms with Gasteiger partial charge in [-0.25, -0.2) is 13.1 Å². The number of hydrogen-bond acceptors (Lipinski definition) is 3. The highest BCUT2D eigenvalue weighted by molar-refractivity contribution is 7.89. The fourth-order valence-corrected chi connectivity index (χ4v) is 2.69. The number of nitrogens with zero attached hydrogens (tertiary/aromatic N) is 1. The lowest BCUT2D eigenvalue weighted by Crippen LogP contribution is -2.24. The first-order valence-corrected chi connectivity index (χ1v) is 7.63. The van der Waals surface area contributed by atoms with Crippen LogP contribution in [0.1, 0.15) is 18.4 Å². The summed E-state index contributed by atoms with van der Waals surface area (Å²) in [5, 5.41) is 8.36. The molecule has 0 radical (unpaired) electrons. The molecule has 0 fully saturated rings. The van der Waals surface area contributed by atoms with E-state index in [0.717, 1.165) is 12.0 Å². The van der Waals surface area contributed by atoms with Crippen LogP contribution < -0.4 is 4.72 Å². The lowest BCUT2D eigenvalue weighted by Gasteiger charge is -2.06. The molecule has 0 aliphatic carbocycles. The molecule has 0 saturated heterocycles. The van der Waals surface area contributed by atoms with E-state index in [4.69, 9.17) is 16.9 Å². The summed E-state index contributed by atoms with van der Waals surface area (Å²) in [5.74, 6) is 0.512. The molecule has 1 N–H and O–H groups in total. The Morgan fingerprint density at radius 3 is 2.50 bits per heavy atom. The maximum Gasteiger partial charge on any atom is 0.240 e. The molecule has 0 saturated carbocycles. The van der Waals surface area contributed by atoms with Crippen LogP contribution in [-0.4, -0.2) is 20.8 Å². The van der Waals surface area contributed by atoms with Crippen LogP contribution in [0.5, 0.6) is 0 Å². The van der Waals surface area contributed by atoms with Gasteiger partial charge in [-0.05, 0) is 30.5 Å². The molecule has 0 bridgehead atoms. The van der Waals surface area contributed by atoms with Crippen LogP contribution in [0.3, 0.4) is 0 Å². The van der Waals surface area contributed by atoms with Crippen LogP contribution in [0.25, 0.3) is 0 Å². The Bertz CT molecular complexity index is 506. The van der Waals surface area contributed by atoms with Crippen LogP contribution in [-0.2, 0) is 16.4 Å². The first-order chi connectivity index (χ1) is 8.60. The molecule has 0 aromatic heterocycles. The number of unbranched alkanes of at least 4 members (excludes halogenated alkanes) is 1. The average Bonchev–Trinajstić information content (AvgIpc) is 2.36. The zero-order valence-corrected chi connectivity index (χ0v) is 11.5. The summed E-state index contributed by atoms with van der Waals surface area (Å²) in [6.07, 6.45) is 1.58. The van der Waals surface area contributed by atoms with Gasteiger partial charge in [-0.15, -0.1) is 11.6 Å². The minimum Gasteiger partial charge on any atom is -0.211 e. The molecule has 18 heavy (non-hydrogen) atoms. The Kier molecular flexibility index (Phi) is 6.13. The van der Waals surface area contributed by atoms with E-state index in [0.29, 0.717) is 18.7 Å². The fraction of sp³-hybridized carbons (Fsp3) is 0.417. The van der Waals surface area contributed by atoms with Crippen LogP contribution in [0.15, 0.2) is 29.2 Å². The molecule has 0 spiro atoms. The number of sulfonamides is 1. The number of aryl methyl sites for hydroxylation is 1. The van der Waals surface area contributed by atoms with E-state index in [1.165, 1.54) is 0 Å². The van der Waals surface area contributed by atoms with Crippen molar-refractivity contribution < 1.29 is 8.42 Å². The largest absolute Gasteiger partial charge is 0.240 e. The third-order valence-corrected chi connectivity index (χ3v) is 4.04. The van der Waals surface area contributed by atoms with Crippen molar-refractivity contribution in [3.63, 3.8) is 0 Å². The van der Waals surface area contributed by atoms with Crippen molar-refractivity contribution in [2.75, 3.05) is 12.4 Å². The summed E-state index contributed by atoms with van der Waals surface area (Å²) in [6.45, 7) is 0.277. The van der Waals surface area contributed by atoms with Crippen molar-refractivity contribution in [2.45, 2.75) is 24.2 Å². The normalized spacial score (nSPS) is 11.1. The van der Waals surface area contributed by atoms with E-state index < -0.39 is 10.0 Å². The van der Waals surface area contributed by atoms with E-state index in [1.54, 1.807) is 24.3 Å². The Balaban J connectivity index is 2.64. The molecule has 0 unspecified atom stereocenters. The number of hydrogen-bond donors (Lipinski definition) is 1. The second-order valence-electron chi connectivity index (χ2n) is 3.74. The third kappa shape index (κ3) is 4.65. The van der Waals surface area contributed by atoms with Gasteiger partial charge < -0.3 is 0 Å². The van der Waals surface area contributed by atoms with Gasteiger partial charge in [0.05, 0.1) is 11.0 Å². The van der Waals surface area contributed by atoms with E-state index in [2.05, 4.69) is 4.72 Å². The molecule has 98 valence electrons. The molecule has 1 rings (SSSR count). The van der Waals surface area contributed by atoms with Gasteiger partial charge in [-0.3, -0.25) is 0 Å². The van der Waals surface area contributed by atoms with Gasteiger partial charge >= 0.3 is 0 Å². The number of nitriles is 1. The number of nitrogens with one attached hydrogen (secondary N) is 1. The quantitative estimate of drug-likeness (QED) is 0.616. The fourth-order valence-electron chi connectivity index (χ4n) is 1.40. The second-order valence-corrected chi connectivity index (χ2v) is 5.89. The van der Waals surface area contributed by atoms with Crippen LogP contribution in [0, 0.1) is 11.3 Å². The maximum atomic E-state index is 11.8. The molecular weight excluding hydrogens is 272 g/mol. The van der Waals surface area contributed by atoms with Gasteiger partial charge in [-0.1, -0.05) is 12.1 Å². The summed E-state index contributed by atoms with van der Waals surface area (Å²) in [6, 6.07) is 8.61. The number of halogens is 1. The Hall–Kier alpha value is -1.09. The van der Waals surface area contributed by atoms with Gasteiger partial charge in [0, 0.05) is 18.8 Å². The zero-order chi connectivity index (χ0) is 13.4. The molecule has 1 aromatic rings. The summed E-state index contributed by atoms with van der Waals surface area (Å²) < 4.78 is 26.1. The second kappa shape index (κ2) is 7.37. The van der Waals surface area contributed by atoms with Crippen molar-refractivity contribution in [2.24, 2.45) is 0 Å². The van der Waals surface area contributed by atoms with Crippen molar-refractivity contribution in [1.29, 1.82) is 5.26 Å². The van der Waals surface area contributed by atoms with Crippen molar-refractivity contribution in [3.05, 3.63) is 29.8 Å². The first-order valence-electron chi connectivity index (χ1n) is 5.61. The minimum atomic E-state index is -3.46. The molecule has 6 heteroatoms.